The second-order valence-corrected chi connectivity index (χ2v) is 6.02. The van der Waals surface area contributed by atoms with Gasteiger partial charge in [-0.2, -0.15) is 0 Å². The predicted molar refractivity (Wildman–Crippen MR) is 94.5 cm³/mol. The van der Waals surface area contributed by atoms with Gasteiger partial charge in [-0.25, -0.2) is 0 Å². The average molecular weight is 303 g/mol. The van der Waals surface area contributed by atoms with Gasteiger partial charge in [-0.05, 0) is 23.3 Å². The maximum Gasteiger partial charge on any atom is 0.0705 e. The molecular weight excluding hydrogens is 282 g/mol. The molecule has 3 heteroatoms. The smallest absolute Gasteiger partial charge is 0.0705 e. The van der Waals surface area contributed by atoms with E-state index in [1.165, 1.54) is 16.5 Å². The Morgan fingerprint density at radius 2 is 1.61 bits per heavy atom. The maximum absolute atomic E-state index is 4.53. The summed E-state index contributed by atoms with van der Waals surface area (Å²) in [4.78, 5) is 7.11. The molecule has 4 rings (SSSR count). The van der Waals surface area contributed by atoms with E-state index in [4.69, 9.17) is 0 Å². The van der Waals surface area contributed by atoms with Crippen LogP contribution < -0.4 is 5.32 Å². The molecule has 1 aliphatic heterocycles. The van der Waals surface area contributed by atoms with Gasteiger partial charge in [0.05, 0.1) is 11.6 Å². The molecule has 1 aliphatic rings. The zero-order valence-electron chi connectivity index (χ0n) is 13.2. The highest BCUT2D eigenvalue weighted by Crippen LogP contribution is 2.32. The molecule has 0 bridgehead atoms. The van der Waals surface area contributed by atoms with E-state index in [0.29, 0.717) is 0 Å². The summed E-state index contributed by atoms with van der Waals surface area (Å²) in [6.45, 7) is 4.23. The Morgan fingerprint density at radius 1 is 0.870 bits per heavy atom. The maximum atomic E-state index is 4.53. The molecule has 3 nitrogen and oxygen atoms in total. The molecule has 0 amide bonds. The van der Waals surface area contributed by atoms with Crippen molar-refractivity contribution in [2.45, 2.75) is 6.04 Å². The zero-order valence-corrected chi connectivity index (χ0v) is 13.2. The minimum absolute atomic E-state index is 0.284. The van der Waals surface area contributed by atoms with Crippen molar-refractivity contribution < 1.29 is 0 Å². The largest absolute Gasteiger partial charge is 0.314 e. The van der Waals surface area contributed by atoms with Crippen LogP contribution in [0.3, 0.4) is 0 Å². The van der Waals surface area contributed by atoms with E-state index in [-0.39, 0.29) is 6.04 Å². The number of piperazine rings is 1. The third-order valence-corrected chi connectivity index (χ3v) is 4.61. The number of fused-ring (bicyclic) bond motifs is 1. The van der Waals surface area contributed by atoms with Gasteiger partial charge in [0.25, 0.3) is 0 Å². The number of rotatable bonds is 3. The van der Waals surface area contributed by atoms with Gasteiger partial charge in [0, 0.05) is 37.8 Å². The normalized spacial score (nSPS) is 17.2. The van der Waals surface area contributed by atoms with Gasteiger partial charge in [0.15, 0.2) is 0 Å². The van der Waals surface area contributed by atoms with Gasteiger partial charge in [-0.15, -0.1) is 0 Å². The fraction of sp³-hybridized carbons (Fsp3) is 0.250. The van der Waals surface area contributed by atoms with Gasteiger partial charge < -0.3 is 5.32 Å². The second kappa shape index (κ2) is 6.49. The fourth-order valence-electron chi connectivity index (χ4n) is 3.52. The molecule has 3 aromatic rings. The highest BCUT2D eigenvalue weighted by atomic mass is 15.2. The van der Waals surface area contributed by atoms with E-state index >= 15 is 0 Å². The van der Waals surface area contributed by atoms with E-state index in [1.807, 2.05) is 6.20 Å². The van der Waals surface area contributed by atoms with Gasteiger partial charge >= 0.3 is 0 Å². The standard InChI is InChI=1S/C20H21N3/c1-2-6-16(7-3-1)20(23-14-12-21-13-15-23)18-10-11-22-19-9-5-4-8-17(18)19/h1-11,20-21H,12-15H2. The molecule has 1 N–H and O–H groups in total. The highest BCUT2D eigenvalue weighted by Gasteiger charge is 2.25. The van der Waals surface area contributed by atoms with Crippen LogP contribution in [0.15, 0.2) is 66.9 Å². The first kappa shape index (κ1) is 14.4. The quantitative estimate of drug-likeness (QED) is 0.805. The number of benzene rings is 2. The van der Waals surface area contributed by atoms with E-state index < -0.39 is 0 Å². The Labute approximate surface area is 137 Å². The van der Waals surface area contributed by atoms with Crippen LogP contribution in [0.4, 0.5) is 0 Å². The molecule has 0 radical (unpaired) electrons. The summed E-state index contributed by atoms with van der Waals surface area (Å²) in [6.07, 6.45) is 1.94. The van der Waals surface area contributed by atoms with Crippen LogP contribution in [0.1, 0.15) is 17.2 Å². The minimum Gasteiger partial charge on any atom is -0.314 e. The van der Waals surface area contributed by atoms with Crippen molar-refractivity contribution in [3.05, 3.63) is 78.0 Å². The Balaban J connectivity index is 1.86. The van der Waals surface area contributed by atoms with Gasteiger partial charge in [-0.1, -0.05) is 48.5 Å². The molecule has 23 heavy (non-hydrogen) atoms. The van der Waals surface area contributed by atoms with E-state index in [1.54, 1.807) is 0 Å². The summed E-state index contributed by atoms with van der Waals surface area (Å²) in [5, 5.41) is 4.71. The highest BCUT2D eigenvalue weighted by molar-refractivity contribution is 5.82. The van der Waals surface area contributed by atoms with E-state index in [2.05, 4.69) is 75.9 Å². The molecule has 0 spiro atoms. The molecule has 2 aromatic carbocycles. The fourth-order valence-corrected chi connectivity index (χ4v) is 3.52. The van der Waals surface area contributed by atoms with E-state index in [0.717, 1.165) is 31.7 Å². The zero-order chi connectivity index (χ0) is 15.5. The molecule has 1 aromatic heterocycles. The molecule has 0 aliphatic carbocycles. The molecule has 2 heterocycles. The van der Waals surface area contributed by atoms with Crippen LogP contribution in [-0.2, 0) is 0 Å². The Bertz CT molecular complexity index is 774. The topological polar surface area (TPSA) is 28.2 Å². The summed E-state index contributed by atoms with van der Waals surface area (Å²) in [5.41, 5.74) is 3.77. The van der Waals surface area contributed by atoms with Crippen molar-refractivity contribution in [1.29, 1.82) is 0 Å². The summed E-state index contributed by atoms with van der Waals surface area (Å²) in [7, 11) is 0. The summed E-state index contributed by atoms with van der Waals surface area (Å²) in [5.74, 6) is 0. The lowest BCUT2D eigenvalue weighted by molar-refractivity contribution is 0.199. The number of aromatic nitrogens is 1. The van der Waals surface area contributed by atoms with Crippen molar-refractivity contribution in [3.8, 4) is 0 Å². The molecule has 116 valence electrons. The number of hydrogen-bond donors (Lipinski definition) is 1. The number of nitrogens with one attached hydrogen (secondary N) is 1. The van der Waals surface area contributed by atoms with Crippen molar-refractivity contribution >= 4 is 10.9 Å². The number of nitrogens with zero attached hydrogens (tertiary/aromatic N) is 2. The van der Waals surface area contributed by atoms with Crippen molar-refractivity contribution in [1.82, 2.24) is 15.2 Å². The molecule has 1 atom stereocenters. The second-order valence-electron chi connectivity index (χ2n) is 6.02. The Kier molecular flexibility index (Phi) is 4.05. The first-order chi connectivity index (χ1) is 11.4. The number of para-hydroxylation sites is 1. The van der Waals surface area contributed by atoms with Gasteiger partial charge in [0.2, 0.25) is 0 Å². The van der Waals surface area contributed by atoms with Crippen LogP contribution in [-0.4, -0.2) is 36.1 Å². The number of pyridine rings is 1. The van der Waals surface area contributed by atoms with Crippen molar-refractivity contribution in [2.24, 2.45) is 0 Å². The summed E-state index contributed by atoms with van der Waals surface area (Å²) in [6, 6.07) is 21.7. The van der Waals surface area contributed by atoms with Crippen LogP contribution >= 0.6 is 0 Å². The van der Waals surface area contributed by atoms with Crippen molar-refractivity contribution in [3.63, 3.8) is 0 Å². The Hall–Kier alpha value is -2.23. The Morgan fingerprint density at radius 3 is 2.43 bits per heavy atom. The third kappa shape index (κ3) is 2.85. The van der Waals surface area contributed by atoms with Gasteiger partial charge in [0.1, 0.15) is 0 Å². The molecule has 1 saturated heterocycles. The van der Waals surface area contributed by atoms with Crippen molar-refractivity contribution in [2.75, 3.05) is 26.2 Å². The van der Waals surface area contributed by atoms with Crippen LogP contribution in [0.2, 0.25) is 0 Å². The average Bonchev–Trinajstić information content (AvgIpc) is 2.64. The third-order valence-electron chi connectivity index (χ3n) is 4.61. The summed E-state index contributed by atoms with van der Waals surface area (Å²) >= 11 is 0. The lowest BCUT2D eigenvalue weighted by atomic mass is 9.94. The predicted octanol–water partition coefficient (Wildman–Crippen LogP) is 3.23. The minimum atomic E-state index is 0.284. The van der Waals surface area contributed by atoms with E-state index in [9.17, 15) is 0 Å². The first-order valence-corrected chi connectivity index (χ1v) is 8.27. The monoisotopic (exact) mass is 303 g/mol. The molecular formula is C20H21N3. The summed E-state index contributed by atoms with van der Waals surface area (Å²) < 4.78 is 0. The van der Waals surface area contributed by atoms with Crippen LogP contribution in [0.5, 0.6) is 0 Å². The van der Waals surface area contributed by atoms with Crippen LogP contribution in [0.25, 0.3) is 10.9 Å². The SMILES string of the molecule is c1ccc(C(c2ccnc3ccccc23)N2CCNCC2)cc1. The lowest BCUT2D eigenvalue weighted by Gasteiger charge is -2.36. The van der Waals surface area contributed by atoms with Crippen LogP contribution in [0, 0.1) is 0 Å². The van der Waals surface area contributed by atoms with Gasteiger partial charge in [-0.3, -0.25) is 9.88 Å². The lowest BCUT2D eigenvalue weighted by Crippen LogP contribution is -2.45. The molecule has 1 fully saturated rings. The molecule has 1 unspecified atom stereocenters. The number of hydrogen-bond acceptors (Lipinski definition) is 3. The first-order valence-electron chi connectivity index (χ1n) is 8.27. The molecule has 0 saturated carbocycles.